The molecule has 6 heteroatoms. The van der Waals surface area contributed by atoms with E-state index in [9.17, 15) is 8.42 Å². The summed E-state index contributed by atoms with van der Waals surface area (Å²) in [4.78, 5) is 0.301. The number of sulfonamides is 1. The van der Waals surface area contributed by atoms with Crippen LogP contribution in [0.25, 0.3) is 0 Å². The van der Waals surface area contributed by atoms with Crippen LogP contribution in [0.3, 0.4) is 0 Å². The molecule has 0 saturated carbocycles. The molecule has 158 valence electrons. The molecule has 1 aliphatic rings. The molecular formula is C23H30ClNO3S. The molecule has 2 aromatic carbocycles. The second-order valence-corrected chi connectivity index (χ2v) is 10.9. The van der Waals surface area contributed by atoms with Crippen LogP contribution in [-0.2, 0) is 21.2 Å². The maximum absolute atomic E-state index is 12.7. The Morgan fingerprint density at radius 2 is 1.79 bits per heavy atom. The van der Waals surface area contributed by atoms with Gasteiger partial charge in [-0.3, -0.25) is 0 Å². The highest BCUT2D eigenvalue weighted by Gasteiger charge is 2.41. The summed E-state index contributed by atoms with van der Waals surface area (Å²) in [6, 6.07) is 14.8. The molecule has 1 fully saturated rings. The Kier molecular flexibility index (Phi) is 6.74. The minimum Gasteiger partial charge on any atom is -0.376 e. The number of rotatable bonds is 7. The van der Waals surface area contributed by atoms with Crippen LogP contribution in [0, 0.1) is 12.3 Å². The zero-order chi connectivity index (χ0) is 21.1. The minimum absolute atomic E-state index is 0.0669. The third-order valence-corrected chi connectivity index (χ3v) is 7.57. The highest BCUT2D eigenvalue weighted by molar-refractivity contribution is 7.89. The van der Waals surface area contributed by atoms with Gasteiger partial charge in [-0.25, -0.2) is 13.1 Å². The quantitative estimate of drug-likeness (QED) is 0.655. The van der Waals surface area contributed by atoms with E-state index in [1.807, 2.05) is 37.3 Å². The third kappa shape index (κ3) is 5.82. The predicted molar refractivity (Wildman–Crippen MR) is 118 cm³/mol. The summed E-state index contributed by atoms with van der Waals surface area (Å²) < 4.78 is 34.1. The van der Waals surface area contributed by atoms with Crippen molar-refractivity contribution in [1.29, 1.82) is 0 Å². The molecule has 1 atom stereocenters. The zero-order valence-electron chi connectivity index (χ0n) is 17.4. The molecule has 1 saturated heterocycles. The molecule has 0 bridgehead atoms. The zero-order valence-corrected chi connectivity index (χ0v) is 18.9. The first-order valence-electron chi connectivity index (χ1n) is 10.0. The fraction of sp³-hybridized carbons (Fsp3) is 0.478. The largest absolute Gasteiger partial charge is 0.376 e. The van der Waals surface area contributed by atoms with E-state index in [4.69, 9.17) is 16.3 Å². The average Bonchev–Trinajstić information content (AvgIpc) is 2.63. The number of halogens is 1. The van der Waals surface area contributed by atoms with Crippen LogP contribution >= 0.6 is 11.6 Å². The molecule has 0 amide bonds. The van der Waals surface area contributed by atoms with Crippen LogP contribution in [0.2, 0.25) is 5.02 Å². The molecule has 0 spiro atoms. The monoisotopic (exact) mass is 435 g/mol. The number of nitrogens with one attached hydrogen (secondary N) is 1. The van der Waals surface area contributed by atoms with Crippen molar-refractivity contribution in [3.63, 3.8) is 0 Å². The van der Waals surface area contributed by atoms with Crippen LogP contribution in [0.5, 0.6) is 0 Å². The van der Waals surface area contributed by atoms with E-state index in [2.05, 4.69) is 24.6 Å². The summed E-state index contributed by atoms with van der Waals surface area (Å²) >= 11 is 6.43. The van der Waals surface area contributed by atoms with E-state index in [1.54, 1.807) is 12.1 Å². The molecule has 1 heterocycles. The standard InChI is InChI=1S/C23H30ClNO3S/c1-18-8-10-20(11-9-18)29(26,27)25-14-12-23(13-15-28-22(2,3)17-23)16-19-6-4-5-7-21(19)24/h4-11,25H,12-17H2,1-3H3/t23-/m1/s1. The van der Waals surface area contributed by atoms with Crippen molar-refractivity contribution in [2.75, 3.05) is 13.2 Å². The SMILES string of the molecule is Cc1ccc(S(=O)(=O)NCC[C@]2(Cc3ccccc3Cl)CCOC(C)(C)C2)cc1. The molecule has 4 nitrogen and oxygen atoms in total. The summed E-state index contributed by atoms with van der Waals surface area (Å²) in [6.45, 7) is 7.20. The molecule has 29 heavy (non-hydrogen) atoms. The van der Waals surface area contributed by atoms with Gasteiger partial charge in [0.25, 0.3) is 0 Å². The van der Waals surface area contributed by atoms with Crippen molar-refractivity contribution < 1.29 is 13.2 Å². The lowest BCUT2D eigenvalue weighted by atomic mass is 9.68. The fourth-order valence-corrected chi connectivity index (χ4v) is 5.57. The van der Waals surface area contributed by atoms with E-state index in [0.29, 0.717) is 18.0 Å². The summed E-state index contributed by atoms with van der Waals surface area (Å²) in [7, 11) is -3.52. The lowest BCUT2D eigenvalue weighted by Gasteiger charge is -2.45. The Morgan fingerprint density at radius 3 is 2.45 bits per heavy atom. The van der Waals surface area contributed by atoms with Gasteiger partial charge in [0.05, 0.1) is 10.5 Å². The van der Waals surface area contributed by atoms with Crippen molar-refractivity contribution >= 4 is 21.6 Å². The maximum Gasteiger partial charge on any atom is 0.240 e. The van der Waals surface area contributed by atoms with Crippen molar-refractivity contribution in [1.82, 2.24) is 4.72 Å². The van der Waals surface area contributed by atoms with Gasteiger partial charge in [-0.2, -0.15) is 0 Å². The molecular weight excluding hydrogens is 406 g/mol. The fourth-order valence-electron chi connectivity index (χ4n) is 4.34. The van der Waals surface area contributed by atoms with Crippen LogP contribution in [0.1, 0.15) is 44.2 Å². The van der Waals surface area contributed by atoms with Crippen LogP contribution in [0.15, 0.2) is 53.4 Å². The molecule has 0 radical (unpaired) electrons. The van der Waals surface area contributed by atoms with E-state index in [0.717, 1.165) is 41.8 Å². The summed E-state index contributed by atoms with van der Waals surface area (Å²) in [6.07, 6.45) is 3.28. The number of ether oxygens (including phenoxy) is 1. The van der Waals surface area contributed by atoms with Crippen molar-refractivity contribution in [3.05, 3.63) is 64.7 Å². The topological polar surface area (TPSA) is 55.4 Å². The third-order valence-electron chi connectivity index (χ3n) is 5.73. The summed E-state index contributed by atoms with van der Waals surface area (Å²) in [5.41, 5.74) is 1.83. The molecule has 0 unspecified atom stereocenters. The Labute approximate surface area is 179 Å². The molecule has 3 rings (SSSR count). The molecule has 1 aliphatic heterocycles. The molecule has 1 N–H and O–H groups in total. The van der Waals surface area contributed by atoms with Gasteiger partial charge in [-0.1, -0.05) is 47.5 Å². The lowest BCUT2D eigenvalue weighted by molar-refractivity contribution is -0.106. The molecule has 2 aromatic rings. The Bertz CT molecular complexity index is 941. The first kappa shape index (κ1) is 22.3. The Morgan fingerprint density at radius 1 is 1.10 bits per heavy atom. The van der Waals surface area contributed by atoms with E-state index in [-0.39, 0.29) is 11.0 Å². The van der Waals surface area contributed by atoms with E-state index >= 15 is 0 Å². The smallest absolute Gasteiger partial charge is 0.240 e. The number of aryl methyl sites for hydroxylation is 1. The lowest BCUT2D eigenvalue weighted by Crippen LogP contribution is -2.44. The van der Waals surface area contributed by atoms with Crippen LogP contribution in [0.4, 0.5) is 0 Å². The first-order valence-corrected chi connectivity index (χ1v) is 11.9. The summed E-state index contributed by atoms with van der Waals surface area (Å²) in [5.74, 6) is 0. The second kappa shape index (κ2) is 8.76. The number of hydrogen-bond donors (Lipinski definition) is 1. The average molecular weight is 436 g/mol. The van der Waals surface area contributed by atoms with Crippen LogP contribution in [-0.4, -0.2) is 27.2 Å². The van der Waals surface area contributed by atoms with Gasteiger partial charge in [0.15, 0.2) is 0 Å². The maximum atomic E-state index is 12.7. The van der Waals surface area contributed by atoms with Crippen LogP contribution < -0.4 is 4.72 Å². The first-order chi connectivity index (χ1) is 13.6. The van der Waals surface area contributed by atoms with Gasteiger partial charge in [0.1, 0.15) is 0 Å². The Hall–Kier alpha value is -1.40. The van der Waals surface area contributed by atoms with Gasteiger partial charge >= 0.3 is 0 Å². The van der Waals surface area contributed by atoms with Gasteiger partial charge < -0.3 is 4.74 Å². The number of benzene rings is 2. The summed E-state index contributed by atoms with van der Waals surface area (Å²) in [5, 5.41) is 0.761. The van der Waals surface area contributed by atoms with Crippen molar-refractivity contribution in [2.45, 2.75) is 57.0 Å². The van der Waals surface area contributed by atoms with Gasteiger partial charge in [-0.05, 0) is 75.6 Å². The number of hydrogen-bond acceptors (Lipinski definition) is 3. The van der Waals surface area contributed by atoms with Gasteiger partial charge in [0.2, 0.25) is 10.0 Å². The van der Waals surface area contributed by atoms with Crippen molar-refractivity contribution in [3.8, 4) is 0 Å². The highest BCUT2D eigenvalue weighted by atomic mass is 35.5. The normalized spacial score (nSPS) is 21.8. The molecule has 0 aromatic heterocycles. The second-order valence-electron chi connectivity index (χ2n) is 8.76. The molecule has 0 aliphatic carbocycles. The van der Waals surface area contributed by atoms with Gasteiger partial charge in [0, 0.05) is 18.2 Å². The minimum atomic E-state index is -3.52. The predicted octanol–water partition coefficient (Wildman–Crippen LogP) is 5.13. The van der Waals surface area contributed by atoms with Crippen molar-refractivity contribution in [2.24, 2.45) is 5.41 Å². The highest BCUT2D eigenvalue weighted by Crippen LogP contribution is 2.44. The van der Waals surface area contributed by atoms with Gasteiger partial charge in [-0.15, -0.1) is 0 Å². The van der Waals surface area contributed by atoms with E-state index < -0.39 is 10.0 Å². The van der Waals surface area contributed by atoms with E-state index in [1.165, 1.54) is 0 Å². The Balaban J connectivity index is 1.75.